The van der Waals surface area contributed by atoms with Crippen molar-refractivity contribution < 1.29 is 4.79 Å². The van der Waals surface area contributed by atoms with Crippen LogP contribution in [-0.4, -0.2) is 29.9 Å². The van der Waals surface area contributed by atoms with E-state index in [1.807, 2.05) is 25.8 Å². The van der Waals surface area contributed by atoms with Crippen LogP contribution in [-0.2, 0) is 4.79 Å². The summed E-state index contributed by atoms with van der Waals surface area (Å²) >= 11 is 0. The molecule has 3 heteroatoms. The van der Waals surface area contributed by atoms with Crippen LogP contribution in [0.1, 0.15) is 39.5 Å². The highest BCUT2D eigenvalue weighted by Crippen LogP contribution is 2.25. The van der Waals surface area contributed by atoms with Gasteiger partial charge in [0.25, 0.3) is 0 Å². The molecule has 0 aromatic heterocycles. The van der Waals surface area contributed by atoms with Gasteiger partial charge in [-0.25, -0.2) is 0 Å². The molecule has 1 amide bonds. The molecular weight excluding hydrogens is 176 g/mol. The molecule has 0 unspecified atom stereocenters. The lowest BCUT2D eigenvalue weighted by atomic mass is 9.85. The molecule has 0 saturated heterocycles. The third-order valence-corrected chi connectivity index (χ3v) is 3.24. The SMILES string of the molecule is CC(C)N(C)C(=O)C1CCC(N)CC1. The first kappa shape index (κ1) is 11.5. The number of hydrogen-bond acceptors (Lipinski definition) is 2. The lowest BCUT2D eigenvalue weighted by molar-refractivity contribution is -0.136. The average Bonchev–Trinajstić information content (AvgIpc) is 2.16. The number of hydrogen-bond donors (Lipinski definition) is 1. The van der Waals surface area contributed by atoms with Crippen LogP contribution in [0.3, 0.4) is 0 Å². The van der Waals surface area contributed by atoms with Gasteiger partial charge in [0.05, 0.1) is 0 Å². The number of amides is 1. The molecule has 0 bridgehead atoms. The van der Waals surface area contributed by atoms with E-state index in [1.54, 1.807) is 0 Å². The summed E-state index contributed by atoms with van der Waals surface area (Å²) in [5.41, 5.74) is 5.81. The van der Waals surface area contributed by atoms with Crippen molar-refractivity contribution in [2.24, 2.45) is 11.7 Å². The molecule has 1 saturated carbocycles. The van der Waals surface area contributed by atoms with Crippen LogP contribution in [0.15, 0.2) is 0 Å². The summed E-state index contributed by atoms with van der Waals surface area (Å²) in [6, 6.07) is 0.626. The summed E-state index contributed by atoms with van der Waals surface area (Å²) in [6.45, 7) is 4.10. The molecule has 1 aliphatic rings. The van der Waals surface area contributed by atoms with E-state index in [1.165, 1.54) is 0 Å². The van der Waals surface area contributed by atoms with E-state index in [2.05, 4.69) is 0 Å². The quantitative estimate of drug-likeness (QED) is 0.728. The first-order valence-corrected chi connectivity index (χ1v) is 5.54. The summed E-state index contributed by atoms with van der Waals surface area (Å²) in [6.07, 6.45) is 3.94. The normalized spacial score (nSPS) is 27.8. The Kier molecular flexibility index (Phi) is 3.93. The minimum atomic E-state index is 0.224. The van der Waals surface area contributed by atoms with Gasteiger partial charge >= 0.3 is 0 Å². The molecule has 3 nitrogen and oxygen atoms in total. The fourth-order valence-corrected chi connectivity index (χ4v) is 1.91. The van der Waals surface area contributed by atoms with Gasteiger partial charge in [0, 0.05) is 25.0 Å². The average molecular weight is 198 g/mol. The van der Waals surface area contributed by atoms with Crippen LogP contribution >= 0.6 is 0 Å². The molecule has 82 valence electrons. The largest absolute Gasteiger partial charge is 0.343 e. The molecule has 1 aliphatic carbocycles. The predicted molar refractivity (Wildman–Crippen MR) is 57.8 cm³/mol. The van der Waals surface area contributed by atoms with Crippen LogP contribution in [0.4, 0.5) is 0 Å². The molecule has 14 heavy (non-hydrogen) atoms. The lowest BCUT2D eigenvalue weighted by Crippen LogP contribution is -2.40. The van der Waals surface area contributed by atoms with Crippen molar-refractivity contribution in [3.8, 4) is 0 Å². The van der Waals surface area contributed by atoms with Gasteiger partial charge < -0.3 is 10.6 Å². The smallest absolute Gasteiger partial charge is 0.225 e. The minimum absolute atomic E-state index is 0.224. The monoisotopic (exact) mass is 198 g/mol. The van der Waals surface area contributed by atoms with Crippen LogP contribution in [0, 0.1) is 5.92 Å². The fraction of sp³-hybridized carbons (Fsp3) is 0.909. The van der Waals surface area contributed by atoms with Gasteiger partial charge in [0.1, 0.15) is 0 Å². The van der Waals surface area contributed by atoms with Crippen LogP contribution in [0.2, 0.25) is 0 Å². The van der Waals surface area contributed by atoms with E-state index in [-0.39, 0.29) is 5.92 Å². The summed E-state index contributed by atoms with van der Waals surface area (Å²) < 4.78 is 0. The van der Waals surface area contributed by atoms with E-state index in [9.17, 15) is 4.79 Å². The van der Waals surface area contributed by atoms with E-state index in [0.29, 0.717) is 18.0 Å². The molecule has 0 spiro atoms. The zero-order valence-electron chi connectivity index (χ0n) is 9.49. The molecule has 0 aromatic carbocycles. The van der Waals surface area contributed by atoms with Crippen LogP contribution < -0.4 is 5.73 Å². The molecule has 0 heterocycles. The third-order valence-electron chi connectivity index (χ3n) is 3.24. The number of rotatable bonds is 2. The van der Waals surface area contributed by atoms with E-state index in [0.717, 1.165) is 25.7 Å². The second kappa shape index (κ2) is 4.78. The first-order chi connectivity index (χ1) is 6.52. The zero-order chi connectivity index (χ0) is 10.7. The Bertz CT molecular complexity index is 195. The van der Waals surface area contributed by atoms with Gasteiger partial charge in [-0.3, -0.25) is 4.79 Å². The van der Waals surface area contributed by atoms with Gasteiger partial charge in [-0.2, -0.15) is 0 Å². The summed E-state index contributed by atoms with van der Waals surface area (Å²) in [7, 11) is 1.89. The summed E-state index contributed by atoms with van der Waals surface area (Å²) in [5, 5.41) is 0. The third kappa shape index (κ3) is 2.71. The predicted octanol–water partition coefficient (Wildman–Crippen LogP) is 1.37. The van der Waals surface area contributed by atoms with Gasteiger partial charge in [0.15, 0.2) is 0 Å². The van der Waals surface area contributed by atoms with Crippen molar-refractivity contribution in [1.82, 2.24) is 4.90 Å². The fourth-order valence-electron chi connectivity index (χ4n) is 1.91. The Morgan fingerprint density at radius 3 is 2.21 bits per heavy atom. The maximum absolute atomic E-state index is 11.9. The maximum atomic E-state index is 11.9. The number of nitrogens with zero attached hydrogens (tertiary/aromatic N) is 1. The standard InChI is InChI=1S/C11H22N2O/c1-8(2)13(3)11(14)9-4-6-10(12)7-5-9/h8-10H,4-7,12H2,1-3H3. The van der Waals surface area contributed by atoms with E-state index in [4.69, 9.17) is 5.73 Å². The van der Waals surface area contributed by atoms with E-state index < -0.39 is 0 Å². The number of carbonyl (C=O) groups excluding carboxylic acids is 1. The highest BCUT2D eigenvalue weighted by Gasteiger charge is 2.27. The molecule has 0 radical (unpaired) electrons. The molecule has 1 rings (SSSR count). The van der Waals surface area contributed by atoms with Crippen molar-refractivity contribution in [2.45, 2.75) is 51.6 Å². The first-order valence-electron chi connectivity index (χ1n) is 5.54. The zero-order valence-corrected chi connectivity index (χ0v) is 9.49. The second-order valence-electron chi connectivity index (χ2n) is 4.65. The van der Waals surface area contributed by atoms with Gasteiger partial charge in [-0.1, -0.05) is 0 Å². The molecule has 0 aromatic rings. The molecular formula is C11H22N2O. The molecule has 2 N–H and O–H groups in total. The van der Waals surface area contributed by atoms with Crippen molar-refractivity contribution >= 4 is 5.91 Å². The molecule has 0 aliphatic heterocycles. The highest BCUT2D eigenvalue weighted by molar-refractivity contribution is 5.78. The highest BCUT2D eigenvalue weighted by atomic mass is 16.2. The van der Waals surface area contributed by atoms with Crippen LogP contribution in [0.5, 0.6) is 0 Å². The number of carbonyl (C=O) groups is 1. The van der Waals surface area contributed by atoms with Crippen LogP contribution in [0.25, 0.3) is 0 Å². The Labute approximate surface area is 86.6 Å². The Balaban J connectivity index is 2.45. The number of nitrogens with two attached hydrogens (primary N) is 1. The Morgan fingerprint density at radius 2 is 1.79 bits per heavy atom. The summed E-state index contributed by atoms with van der Waals surface area (Å²) in [5.74, 6) is 0.522. The van der Waals surface area contributed by atoms with Crippen molar-refractivity contribution in [2.75, 3.05) is 7.05 Å². The van der Waals surface area contributed by atoms with E-state index >= 15 is 0 Å². The van der Waals surface area contributed by atoms with Crippen molar-refractivity contribution in [3.63, 3.8) is 0 Å². The Hall–Kier alpha value is -0.570. The lowest BCUT2D eigenvalue weighted by Gasteiger charge is -2.30. The molecule has 0 atom stereocenters. The van der Waals surface area contributed by atoms with Gasteiger partial charge in [0.2, 0.25) is 5.91 Å². The second-order valence-corrected chi connectivity index (χ2v) is 4.65. The summed E-state index contributed by atoms with van der Waals surface area (Å²) in [4.78, 5) is 13.8. The van der Waals surface area contributed by atoms with Crippen molar-refractivity contribution in [1.29, 1.82) is 0 Å². The maximum Gasteiger partial charge on any atom is 0.225 e. The van der Waals surface area contributed by atoms with Gasteiger partial charge in [-0.15, -0.1) is 0 Å². The van der Waals surface area contributed by atoms with Crippen molar-refractivity contribution in [3.05, 3.63) is 0 Å². The minimum Gasteiger partial charge on any atom is -0.343 e. The Morgan fingerprint density at radius 1 is 1.29 bits per heavy atom. The van der Waals surface area contributed by atoms with Gasteiger partial charge in [-0.05, 0) is 39.5 Å². The topological polar surface area (TPSA) is 46.3 Å². The molecule has 1 fully saturated rings.